The van der Waals surface area contributed by atoms with Crippen molar-refractivity contribution in [2.45, 2.75) is 11.3 Å². The maximum atomic E-state index is 11.9. The van der Waals surface area contributed by atoms with Crippen LogP contribution in [-0.4, -0.2) is 34.1 Å². The Kier molecular flexibility index (Phi) is 7.03. The summed E-state index contributed by atoms with van der Waals surface area (Å²) >= 11 is 3.15. The smallest absolute Gasteiger partial charge is 0.251 e. The molecule has 0 fully saturated rings. The maximum Gasteiger partial charge on any atom is 0.251 e. The number of hydrogen-bond donors (Lipinski definition) is 2. The molecule has 0 spiro atoms. The van der Waals surface area contributed by atoms with Gasteiger partial charge in [-0.25, -0.2) is 13.6 Å². The number of sulfonamides is 1. The SMILES string of the molecule is C=CCCOCCNC(=O)c1cc(Br)cc(S(N)(=O)=O)c1. The minimum Gasteiger partial charge on any atom is -0.379 e. The second-order valence-corrected chi connectivity index (χ2v) is 6.64. The van der Waals surface area contributed by atoms with Gasteiger partial charge in [0.25, 0.3) is 5.91 Å². The van der Waals surface area contributed by atoms with Crippen LogP contribution in [0, 0.1) is 0 Å². The van der Waals surface area contributed by atoms with Gasteiger partial charge in [-0.1, -0.05) is 22.0 Å². The topological polar surface area (TPSA) is 98.5 Å². The summed E-state index contributed by atoms with van der Waals surface area (Å²) in [6, 6.07) is 4.08. The number of ether oxygens (including phenoxy) is 1. The standard InChI is InChI=1S/C13H17BrN2O4S/c1-2-3-5-20-6-4-16-13(17)10-7-11(14)9-12(8-10)21(15,18)19/h2,7-9H,1,3-6H2,(H,16,17)(H2,15,18,19). The average Bonchev–Trinajstić information content (AvgIpc) is 2.40. The van der Waals surface area contributed by atoms with Crippen molar-refractivity contribution in [3.63, 3.8) is 0 Å². The van der Waals surface area contributed by atoms with E-state index in [0.717, 1.165) is 6.42 Å². The van der Waals surface area contributed by atoms with Crippen LogP contribution in [0.15, 0.2) is 40.2 Å². The molecular formula is C13H17BrN2O4S. The van der Waals surface area contributed by atoms with E-state index in [0.29, 0.717) is 24.2 Å². The molecule has 0 unspecified atom stereocenters. The van der Waals surface area contributed by atoms with E-state index in [1.807, 2.05) is 0 Å². The van der Waals surface area contributed by atoms with Gasteiger partial charge in [-0.05, 0) is 24.6 Å². The highest BCUT2D eigenvalue weighted by molar-refractivity contribution is 9.10. The Morgan fingerprint density at radius 1 is 1.38 bits per heavy atom. The first kappa shape index (κ1) is 17.8. The van der Waals surface area contributed by atoms with Gasteiger partial charge in [-0.2, -0.15) is 0 Å². The van der Waals surface area contributed by atoms with Crippen molar-refractivity contribution < 1.29 is 17.9 Å². The molecule has 0 aliphatic heterocycles. The van der Waals surface area contributed by atoms with Gasteiger partial charge < -0.3 is 10.1 Å². The molecule has 1 amide bonds. The van der Waals surface area contributed by atoms with Crippen LogP contribution < -0.4 is 10.5 Å². The second kappa shape index (κ2) is 8.28. The van der Waals surface area contributed by atoms with Gasteiger partial charge in [0.2, 0.25) is 10.0 Å². The summed E-state index contributed by atoms with van der Waals surface area (Å²) in [5.74, 6) is -0.395. The predicted molar refractivity (Wildman–Crippen MR) is 83.5 cm³/mol. The predicted octanol–water partition coefficient (Wildman–Crippen LogP) is 1.42. The maximum absolute atomic E-state index is 11.9. The number of benzene rings is 1. The third kappa shape index (κ3) is 6.38. The van der Waals surface area contributed by atoms with Crippen molar-refractivity contribution in [3.8, 4) is 0 Å². The Balaban J connectivity index is 2.62. The van der Waals surface area contributed by atoms with E-state index in [-0.39, 0.29) is 10.5 Å². The summed E-state index contributed by atoms with van der Waals surface area (Å²) in [4.78, 5) is 11.8. The molecule has 21 heavy (non-hydrogen) atoms. The van der Waals surface area contributed by atoms with Crippen LogP contribution in [0.2, 0.25) is 0 Å². The quantitative estimate of drug-likeness (QED) is 0.529. The Morgan fingerprint density at radius 2 is 2.10 bits per heavy atom. The average molecular weight is 377 g/mol. The summed E-state index contributed by atoms with van der Waals surface area (Å²) in [7, 11) is -3.86. The molecule has 0 bridgehead atoms. The summed E-state index contributed by atoms with van der Waals surface area (Å²) in [5, 5.41) is 7.69. The molecule has 0 atom stereocenters. The first-order valence-corrected chi connectivity index (χ1v) is 8.49. The number of carbonyl (C=O) groups excluding carboxylic acids is 1. The van der Waals surface area contributed by atoms with Crippen molar-refractivity contribution in [2.75, 3.05) is 19.8 Å². The summed E-state index contributed by atoms with van der Waals surface area (Å²) in [6.45, 7) is 4.81. The van der Waals surface area contributed by atoms with Gasteiger partial charge in [0.05, 0.1) is 18.1 Å². The molecule has 8 heteroatoms. The van der Waals surface area contributed by atoms with Gasteiger partial charge in [-0.3, -0.25) is 4.79 Å². The number of halogens is 1. The van der Waals surface area contributed by atoms with E-state index in [1.54, 1.807) is 6.08 Å². The van der Waals surface area contributed by atoms with Crippen molar-refractivity contribution in [3.05, 3.63) is 40.9 Å². The first-order valence-electron chi connectivity index (χ1n) is 6.15. The lowest BCUT2D eigenvalue weighted by Crippen LogP contribution is -2.27. The highest BCUT2D eigenvalue weighted by Gasteiger charge is 2.13. The molecule has 0 aliphatic carbocycles. The molecule has 0 saturated carbocycles. The summed E-state index contributed by atoms with van der Waals surface area (Å²) in [6.07, 6.45) is 2.49. The fourth-order valence-electron chi connectivity index (χ4n) is 1.47. The van der Waals surface area contributed by atoms with Crippen LogP contribution in [0.5, 0.6) is 0 Å². The van der Waals surface area contributed by atoms with Crippen molar-refractivity contribution in [1.82, 2.24) is 5.32 Å². The summed E-state index contributed by atoms with van der Waals surface area (Å²) < 4.78 is 28.3. The third-order valence-electron chi connectivity index (χ3n) is 2.46. The molecule has 1 rings (SSSR count). The molecule has 0 aliphatic rings. The van der Waals surface area contributed by atoms with Gasteiger partial charge in [0.15, 0.2) is 0 Å². The molecule has 0 heterocycles. The van der Waals surface area contributed by atoms with Crippen LogP contribution >= 0.6 is 15.9 Å². The number of primary sulfonamides is 1. The Hall–Kier alpha value is -1.22. The number of hydrogen-bond acceptors (Lipinski definition) is 4. The van der Waals surface area contributed by atoms with Crippen LogP contribution in [0.25, 0.3) is 0 Å². The molecule has 1 aromatic rings. The van der Waals surface area contributed by atoms with Gasteiger partial charge in [0.1, 0.15) is 0 Å². The minimum atomic E-state index is -3.86. The van der Waals surface area contributed by atoms with Gasteiger partial charge in [0, 0.05) is 16.6 Å². The third-order valence-corrected chi connectivity index (χ3v) is 3.81. The Bertz CT molecular complexity index is 617. The lowest BCUT2D eigenvalue weighted by molar-refractivity contribution is 0.0917. The molecule has 0 aromatic heterocycles. The van der Waals surface area contributed by atoms with Crippen molar-refractivity contribution >= 4 is 31.9 Å². The number of nitrogens with two attached hydrogens (primary N) is 1. The van der Waals surface area contributed by atoms with Crippen molar-refractivity contribution in [2.24, 2.45) is 5.14 Å². The second-order valence-electron chi connectivity index (χ2n) is 4.17. The Labute approximate surface area is 132 Å². The molecule has 116 valence electrons. The van der Waals surface area contributed by atoms with Crippen LogP contribution in [0.4, 0.5) is 0 Å². The monoisotopic (exact) mass is 376 g/mol. The molecular weight excluding hydrogens is 360 g/mol. The highest BCUT2D eigenvalue weighted by atomic mass is 79.9. The zero-order valence-electron chi connectivity index (χ0n) is 11.3. The lowest BCUT2D eigenvalue weighted by Gasteiger charge is -2.08. The molecule has 0 saturated heterocycles. The van der Waals surface area contributed by atoms with E-state index in [9.17, 15) is 13.2 Å². The number of amides is 1. The van der Waals surface area contributed by atoms with E-state index >= 15 is 0 Å². The lowest BCUT2D eigenvalue weighted by atomic mass is 10.2. The Morgan fingerprint density at radius 3 is 2.71 bits per heavy atom. The van der Waals surface area contributed by atoms with Crippen molar-refractivity contribution in [1.29, 1.82) is 0 Å². The van der Waals surface area contributed by atoms with Gasteiger partial charge in [-0.15, -0.1) is 6.58 Å². The van der Waals surface area contributed by atoms with E-state index < -0.39 is 15.9 Å². The van der Waals surface area contributed by atoms with Crippen LogP contribution in [0.3, 0.4) is 0 Å². The first-order chi connectivity index (χ1) is 9.84. The van der Waals surface area contributed by atoms with E-state index in [4.69, 9.17) is 9.88 Å². The number of carbonyl (C=O) groups is 1. The molecule has 3 N–H and O–H groups in total. The number of rotatable bonds is 8. The van der Waals surface area contributed by atoms with Crippen LogP contribution in [-0.2, 0) is 14.8 Å². The fraction of sp³-hybridized carbons (Fsp3) is 0.308. The molecule has 1 aromatic carbocycles. The largest absolute Gasteiger partial charge is 0.379 e. The normalized spacial score (nSPS) is 11.1. The molecule has 0 radical (unpaired) electrons. The highest BCUT2D eigenvalue weighted by Crippen LogP contribution is 2.18. The van der Waals surface area contributed by atoms with E-state index in [2.05, 4.69) is 27.8 Å². The summed E-state index contributed by atoms with van der Waals surface area (Å²) in [5.41, 5.74) is 0.208. The number of nitrogens with one attached hydrogen (secondary N) is 1. The molecule has 6 nitrogen and oxygen atoms in total. The minimum absolute atomic E-state index is 0.121. The zero-order chi connectivity index (χ0) is 15.9. The zero-order valence-corrected chi connectivity index (χ0v) is 13.7. The van der Waals surface area contributed by atoms with Crippen LogP contribution in [0.1, 0.15) is 16.8 Å². The van der Waals surface area contributed by atoms with E-state index in [1.165, 1.54) is 18.2 Å². The van der Waals surface area contributed by atoms with Gasteiger partial charge >= 0.3 is 0 Å². The fourth-order valence-corrected chi connectivity index (χ4v) is 2.69.